The second-order valence-corrected chi connectivity index (χ2v) is 5.92. The molecule has 0 saturated carbocycles. The monoisotopic (exact) mass is 330 g/mol. The second kappa shape index (κ2) is 7.92. The number of nitrogens with one attached hydrogen (secondary N) is 2. The summed E-state index contributed by atoms with van der Waals surface area (Å²) in [4.78, 5) is 12.1. The molecule has 3 rings (SSSR count). The third kappa shape index (κ3) is 4.11. The molecule has 1 aromatic heterocycles. The van der Waals surface area contributed by atoms with Gasteiger partial charge in [0, 0.05) is 12.1 Å². The summed E-state index contributed by atoms with van der Waals surface area (Å²) in [6, 6.07) is 7.86. The number of piperidine rings is 1. The number of rotatable bonds is 6. The van der Waals surface area contributed by atoms with Crippen molar-refractivity contribution >= 4 is 5.91 Å². The average molecular weight is 330 g/mol. The predicted molar refractivity (Wildman–Crippen MR) is 88.1 cm³/mol. The Hall–Kier alpha value is -2.41. The molecule has 2 N–H and O–H groups in total. The molecule has 128 valence electrons. The van der Waals surface area contributed by atoms with Gasteiger partial charge in [-0.3, -0.25) is 4.79 Å². The number of hydrogen-bond donors (Lipinski definition) is 2. The Morgan fingerprint density at radius 1 is 1.38 bits per heavy atom. The van der Waals surface area contributed by atoms with E-state index in [0.717, 1.165) is 13.1 Å². The van der Waals surface area contributed by atoms with Gasteiger partial charge in [0.15, 0.2) is 0 Å². The molecule has 0 spiro atoms. The molecule has 1 aromatic carbocycles. The summed E-state index contributed by atoms with van der Waals surface area (Å²) in [7, 11) is 0. The lowest BCUT2D eigenvalue weighted by atomic mass is 9.91. The number of amides is 1. The van der Waals surface area contributed by atoms with E-state index in [2.05, 4.69) is 25.6 Å². The van der Waals surface area contributed by atoms with E-state index >= 15 is 0 Å². The fourth-order valence-electron chi connectivity index (χ4n) is 2.81. The van der Waals surface area contributed by atoms with Gasteiger partial charge in [0.25, 0.3) is 11.8 Å². The van der Waals surface area contributed by atoms with Gasteiger partial charge in [-0.2, -0.15) is 0 Å². The molecule has 1 fully saturated rings. The molecule has 1 aliphatic rings. The lowest BCUT2D eigenvalue weighted by Crippen LogP contribution is -2.29. The van der Waals surface area contributed by atoms with Gasteiger partial charge in [-0.1, -0.05) is 17.3 Å². The maximum Gasteiger partial charge on any atom is 0.278 e. The van der Waals surface area contributed by atoms with Gasteiger partial charge in [-0.25, -0.2) is 4.63 Å². The number of ether oxygens (including phenoxy) is 1. The average Bonchev–Trinajstić information content (AvgIpc) is 3.04. The molecule has 0 radical (unpaired) electrons. The first kappa shape index (κ1) is 16.4. The summed E-state index contributed by atoms with van der Waals surface area (Å²) in [5, 5.41) is 13.5. The fraction of sp³-hybridized carbons (Fsp3) is 0.471. The molecule has 1 atom stereocenters. The molecule has 7 nitrogen and oxygen atoms in total. The maximum atomic E-state index is 12.1. The van der Waals surface area contributed by atoms with Gasteiger partial charge in [0.2, 0.25) is 0 Å². The Balaban J connectivity index is 1.45. The number of nitrogens with zero attached hydrogens (tertiary/aromatic N) is 2. The smallest absolute Gasteiger partial charge is 0.278 e. The van der Waals surface area contributed by atoms with Gasteiger partial charge in [0.1, 0.15) is 12.3 Å². The molecule has 2 heterocycles. The minimum Gasteiger partial charge on any atom is -0.472 e. The predicted octanol–water partition coefficient (Wildman–Crippen LogP) is 1.65. The van der Waals surface area contributed by atoms with Crippen LogP contribution in [0.5, 0.6) is 5.88 Å². The van der Waals surface area contributed by atoms with Crippen LogP contribution < -0.4 is 15.4 Å². The molecule has 1 unspecified atom stereocenters. The molecule has 7 heteroatoms. The van der Waals surface area contributed by atoms with E-state index in [-0.39, 0.29) is 5.91 Å². The molecular formula is C17H22N4O3. The first-order valence-corrected chi connectivity index (χ1v) is 8.25. The largest absolute Gasteiger partial charge is 0.472 e. The van der Waals surface area contributed by atoms with Crippen molar-refractivity contribution in [2.75, 3.05) is 26.2 Å². The highest BCUT2D eigenvalue weighted by atomic mass is 16.6. The fourth-order valence-corrected chi connectivity index (χ4v) is 2.81. The first-order valence-electron chi connectivity index (χ1n) is 8.25. The van der Waals surface area contributed by atoms with Crippen LogP contribution in [0.3, 0.4) is 0 Å². The number of aryl methyl sites for hydroxylation is 1. The lowest BCUT2D eigenvalue weighted by Gasteiger charge is -2.23. The van der Waals surface area contributed by atoms with Crippen LogP contribution in [0.25, 0.3) is 0 Å². The van der Waals surface area contributed by atoms with Crippen LogP contribution in [0, 0.1) is 6.92 Å². The zero-order valence-electron chi connectivity index (χ0n) is 13.7. The molecular weight excluding hydrogens is 308 g/mol. The topological polar surface area (TPSA) is 89.3 Å². The summed E-state index contributed by atoms with van der Waals surface area (Å²) in [6.45, 7) is 4.56. The van der Waals surface area contributed by atoms with E-state index in [1.807, 2.05) is 24.3 Å². The highest BCUT2D eigenvalue weighted by Gasteiger charge is 2.15. The van der Waals surface area contributed by atoms with Gasteiger partial charge < -0.3 is 15.4 Å². The SMILES string of the molecule is Cc1nonc1OCCNC(=O)c1ccc(C2CCCNC2)cc1. The summed E-state index contributed by atoms with van der Waals surface area (Å²) in [6.07, 6.45) is 2.40. The van der Waals surface area contributed by atoms with Crippen molar-refractivity contribution in [3.63, 3.8) is 0 Å². The number of carbonyl (C=O) groups excluding carboxylic acids is 1. The van der Waals surface area contributed by atoms with Crippen molar-refractivity contribution in [1.29, 1.82) is 0 Å². The molecule has 1 amide bonds. The van der Waals surface area contributed by atoms with E-state index in [4.69, 9.17) is 4.74 Å². The van der Waals surface area contributed by atoms with E-state index in [9.17, 15) is 4.79 Å². The molecule has 1 aliphatic heterocycles. The minimum atomic E-state index is -0.109. The normalized spacial score (nSPS) is 17.5. The van der Waals surface area contributed by atoms with E-state index < -0.39 is 0 Å². The number of benzene rings is 1. The minimum absolute atomic E-state index is 0.109. The van der Waals surface area contributed by atoms with Crippen molar-refractivity contribution in [3.8, 4) is 5.88 Å². The van der Waals surface area contributed by atoms with E-state index in [1.54, 1.807) is 6.92 Å². The van der Waals surface area contributed by atoms with Crippen LogP contribution >= 0.6 is 0 Å². The summed E-state index contributed by atoms with van der Waals surface area (Å²) in [5.41, 5.74) is 2.53. The number of hydrogen-bond acceptors (Lipinski definition) is 6. The molecule has 0 aliphatic carbocycles. The Morgan fingerprint density at radius 3 is 2.88 bits per heavy atom. The molecule has 24 heavy (non-hydrogen) atoms. The summed E-state index contributed by atoms with van der Waals surface area (Å²) < 4.78 is 9.91. The van der Waals surface area contributed by atoms with Crippen molar-refractivity contribution in [2.45, 2.75) is 25.7 Å². The highest BCUT2D eigenvalue weighted by molar-refractivity contribution is 5.94. The Kier molecular flexibility index (Phi) is 5.43. The Morgan fingerprint density at radius 2 is 2.21 bits per heavy atom. The van der Waals surface area contributed by atoms with Crippen molar-refractivity contribution < 1.29 is 14.2 Å². The van der Waals surface area contributed by atoms with Gasteiger partial charge in [-0.05, 0) is 55.1 Å². The lowest BCUT2D eigenvalue weighted by molar-refractivity contribution is 0.0946. The number of carbonyl (C=O) groups is 1. The third-order valence-electron chi connectivity index (χ3n) is 4.18. The van der Waals surface area contributed by atoms with Gasteiger partial charge in [0.05, 0.1) is 6.54 Å². The van der Waals surface area contributed by atoms with E-state index in [0.29, 0.717) is 36.2 Å². The highest BCUT2D eigenvalue weighted by Crippen LogP contribution is 2.23. The zero-order chi connectivity index (χ0) is 16.8. The second-order valence-electron chi connectivity index (χ2n) is 5.92. The maximum absolute atomic E-state index is 12.1. The standard InChI is InChI=1S/C17H22N4O3/c1-12-17(21-24-20-12)23-10-9-19-16(22)14-6-4-13(5-7-14)15-3-2-8-18-11-15/h4-7,15,18H,2-3,8-11H2,1H3,(H,19,22). The van der Waals surface area contributed by atoms with Gasteiger partial charge in [-0.15, -0.1) is 0 Å². The summed E-state index contributed by atoms with van der Waals surface area (Å²) >= 11 is 0. The molecule has 0 bridgehead atoms. The molecule has 2 aromatic rings. The quantitative estimate of drug-likeness (QED) is 0.783. The first-order chi connectivity index (χ1) is 11.7. The Labute approximate surface area is 140 Å². The van der Waals surface area contributed by atoms with Gasteiger partial charge >= 0.3 is 0 Å². The van der Waals surface area contributed by atoms with Crippen LogP contribution in [-0.4, -0.2) is 42.5 Å². The molecule has 1 saturated heterocycles. The van der Waals surface area contributed by atoms with E-state index in [1.165, 1.54) is 18.4 Å². The zero-order valence-corrected chi connectivity index (χ0v) is 13.7. The number of aromatic nitrogens is 2. The third-order valence-corrected chi connectivity index (χ3v) is 4.18. The summed E-state index contributed by atoms with van der Waals surface area (Å²) in [5.74, 6) is 0.792. The van der Waals surface area contributed by atoms with Crippen LogP contribution in [0.1, 0.15) is 40.4 Å². The Bertz CT molecular complexity index is 663. The van der Waals surface area contributed by atoms with Crippen molar-refractivity contribution in [1.82, 2.24) is 20.9 Å². The van der Waals surface area contributed by atoms with Crippen LogP contribution in [-0.2, 0) is 0 Å². The van der Waals surface area contributed by atoms with Crippen LogP contribution in [0.4, 0.5) is 0 Å². The van der Waals surface area contributed by atoms with Crippen LogP contribution in [0.15, 0.2) is 28.9 Å². The van der Waals surface area contributed by atoms with Crippen molar-refractivity contribution in [2.24, 2.45) is 0 Å². The van der Waals surface area contributed by atoms with Crippen LogP contribution in [0.2, 0.25) is 0 Å². The van der Waals surface area contributed by atoms with Crippen molar-refractivity contribution in [3.05, 3.63) is 41.1 Å².